The van der Waals surface area contributed by atoms with E-state index < -0.39 is 20.0 Å². The van der Waals surface area contributed by atoms with Gasteiger partial charge in [0.15, 0.2) is 0 Å². The average molecular weight is 947 g/mol. The maximum atomic E-state index is 13.6. The number of pyridine rings is 2. The highest BCUT2D eigenvalue weighted by Gasteiger charge is 2.32. The third kappa shape index (κ3) is 11.5. The summed E-state index contributed by atoms with van der Waals surface area (Å²) in [5, 5.41) is 25.6. The van der Waals surface area contributed by atoms with Crippen LogP contribution in [0.2, 0.25) is 0 Å². The van der Waals surface area contributed by atoms with Gasteiger partial charge in [-0.15, -0.1) is 22.7 Å². The van der Waals surface area contributed by atoms with Crippen LogP contribution in [0.4, 0.5) is 11.4 Å². The van der Waals surface area contributed by atoms with Gasteiger partial charge in [0.2, 0.25) is 5.88 Å². The number of anilines is 2. The van der Waals surface area contributed by atoms with Crippen LogP contribution < -0.4 is 13.3 Å². The molecule has 0 fully saturated rings. The third-order valence-electron chi connectivity index (χ3n) is 10.5. The monoisotopic (exact) mass is 946 g/mol. The number of aromatic hydroxyl groups is 2. The van der Waals surface area contributed by atoms with Crippen molar-refractivity contribution in [3.63, 3.8) is 0 Å². The zero-order valence-electron chi connectivity index (χ0n) is 39.1. The zero-order chi connectivity index (χ0) is 47.6. The number of ether oxygens (including phenoxy) is 1. The van der Waals surface area contributed by atoms with Crippen molar-refractivity contribution >= 4 is 54.1 Å². The molecule has 0 bridgehead atoms. The van der Waals surface area contributed by atoms with Crippen molar-refractivity contribution in [2.24, 2.45) is 0 Å². The number of methoxy groups -OCH3 is 1. The van der Waals surface area contributed by atoms with Gasteiger partial charge >= 0.3 is 0 Å². The summed E-state index contributed by atoms with van der Waals surface area (Å²) in [6.07, 6.45) is 4.68. The Balaban J connectivity index is 0.000000241. The van der Waals surface area contributed by atoms with E-state index in [-0.39, 0.29) is 54.7 Å². The zero-order valence-corrected chi connectivity index (χ0v) is 42.4. The lowest BCUT2D eigenvalue weighted by molar-refractivity contribution is 0.398. The van der Waals surface area contributed by atoms with Gasteiger partial charge in [-0.05, 0) is 120 Å². The van der Waals surface area contributed by atoms with Crippen LogP contribution in [0.1, 0.15) is 116 Å². The molecule has 2 aromatic carbocycles. The largest absolute Gasteiger partial charge is 0.507 e. The number of benzene rings is 2. The minimum absolute atomic E-state index is 0.0979. The lowest BCUT2D eigenvalue weighted by atomic mass is 9.78. The van der Waals surface area contributed by atoms with Gasteiger partial charge in [-0.25, -0.2) is 21.8 Å². The molecule has 64 heavy (non-hydrogen) atoms. The van der Waals surface area contributed by atoms with Gasteiger partial charge in [-0.1, -0.05) is 95.2 Å². The minimum atomic E-state index is -3.83. The average Bonchev–Trinajstić information content (AvgIpc) is 3.96. The highest BCUT2D eigenvalue weighted by molar-refractivity contribution is 7.95. The van der Waals surface area contributed by atoms with Crippen molar-refractivity contribution in [1.82, 2.24) is 9.97 Å². The van der Waals surface area contributed by atoms with Crippen molar-refractivity contribution in [3.05, 3.63) is 136 Å². The standard InChI is InChI=1S/C25H32N2O4S2.C24H30N2O3S2/c1-24(2,3)19-13-17(14-20(23(19)28)25(4,5)6)16-27(18-10-11-21(31-7)26-15-18)33(29,30)22-9-8-12-32-22;1-23(2,3)19-13-17(14-20(22(19)27)24(4,5)6)16-26(18-9-7-11-25-15-18)31(28,29)21-10-8-12-30-21/h8-15,28H,16H2,1-7H3;7-15,27H,16H2,1-6H3. The molecule has 6 rings (SSSR count). The normalized spacial score (nSPS) is 12.6. The molecule has 0 atom stereocenters. The summed E-state index contributed by atoms with van der Waals surface area (Å²) in [7, 11) is -6.08. The van der Waals surface area contributed by atoms with Gasteiger partial charge in [0.1, 0.15) is 19.9 Å². The minimum Gasteiger partial charge on any atom is -0.507 e. The van der Waals surface area contributed by atoms with Crippen LogP contribution in [0, 0.1) is 0 Å². The summed E-state index contributed by atoms with van der Waals surface area (Å²) in [4.78, 5) is 8.34. The molecule has 0 saturated carbocycles. The number of phenolic OH excluding ortho intramolecular Hbond substituents is 2. The summed E-state index contributed by atoms with van der Waals surface area (Å²) in [5.41, 5.74) is 4.47. The molecule has 0 unspecified atom stereocenters. The van der Waals surface area contributed by atoms with E-state index in [9.17, 15) is 27.0 Å². The number of sulfonamides is 2. The highest BCUT2D eigenvalue weighted by Crippen LogP contribution is 2.42. The Kier molecular flexibility index (Phi) is 14.8. The van der Waals surface area contributed by atoms with Gasteiger partial charge in [0.05, 0.1) is 44.0 Å². The number of aromatic nitrogens is 2. The Morgan fingerprint density at radius 2 is 0.953 bits per heavy atom. The van der Waals surface area contributed by atoms with Crippen LogP contribution in [-0.4, -0.2) is 44.1 Å². The van der Waals surface area contributed by atoms with Gasteiger partial charge in [0.25, 0.3) is 20.0 Å². The Morgan fingerprint density at radius 3 is 1.23 bits per heavy atom. The lowest BCUT2D eigenvalue weighted by Gasteiger charge is -2.30. The smallest absolute Gasteiger partial charge is 0.274 e. The first-order valence-electron chi connectivity index (χ1n) is 20.8. The SMILES string of the molecule is CC(C)(C)c1cc(CN(c2cccnc2)S(=O)(=O)c2cccs2)cc(C(C)(C)C)c1O.COc1ccc(N(Cc2cc(C(C)(C)C)c(O)c(C(C)(C)C)c2)S(=O)(=O)c2cccs2)cn1. The summed E-state index contributed by atoms with van der Waals surface area (Å²) < 4.78 is 62.6. The Labute approximate surface area is 388 Å². The van der Waals surface area contributed by atoms with E-state index in [0.29, 0.717) is 17.3 Å². The van der Waals surface area contributed by atoms with Crippen LogP contribution in [0.5, 0.6) is 17.4 Å². The predicted octanol–water partition coefficient (Wildman–Crippen LogP) is 11.7. The first kappa shape index (κ1) is 50.0. The molecular weight excluding hydrogens is 885 g/mol. The molecule has 0 aliphatic heterocycles. The van der Waals surface area contributed by atoms with E-state index in [0.717, 1.165) is 33.4 Å². The van der Waals surface area contributed by atoms with E-state index in [4.69, 9.17) is 4.74 Å². The van der Waals surface area contributed by atoms with E-state index in [2.05, 4.69) is 9.97 Å². The number of phenols is 2. The van der Waals surface area contributed by atoms with Gasteiger partial charge in [-0.3, -0.25) is 13.6 Å². The molecule has 0 aliphatic carbocycles. The number of rotatable bonds is 11. The van der Waals surface area contributed by atoms with Crippen LogP contribution in [0.3, 0.4) is 0 Å². The molecule has 0 saturated heterocycles. The Bertz CT molecular complexity index is 2660. The van der Waals surface area contributed by atoms with Crippen molar-refractivity contribution in [2.45, 2.75) is 126 Å². The summed E-state index contributed by atoms with van der Waals surface area (Å²) >= 11 is 2.36. The summed E-state index contributed by atoms with van der Waals surface area (Å²) in [5.74, 6) is 0.942. The Morgan fingerprint density at radius 1 is 0.562 bits per heavy atom. The second-order valence-corrected chi connectivity index (χ2v) is 25.8. The van der Waals surface area contributed by atoms with Crippen molar-refractivity contribution in [3.8, 4) is 17.4 Å². The maximum Gasteiger partial charge on any atom is 0.274 e. The van der Waals surface area contributed by atoms with Crippen molar-refractivity contribution in [2.75, 3.05) is 15.7 Å². The van der Waals surface area contributed by atoms with Crippen molar-refractivity contribution < 1.29 is 31.8 Å². The molecule has 4 aromatic heterocycles. The third-order valence-corrected chi connectivity index (χ3v) is 16.7. The Hall–Kier alpha value is -4.96. The first-order chi connectivity index (χ1) is 29.6. The van der Waals surface area contributed by atoms with Gasteiger partial charge in [0, 0.05) is 12.3 Å². The first-order valence-corrected chi connectivity index (χ1v) is 25.5. The molecule has 6 aromatic rings. The molecule has 11 nitrogen and oxygen atoms in total. The topological polar surface area (TPSA) is 150 Å². The second kappa shape index (κ2) is 18.9. The van der Waals surface area contributed by atoms with Gasteiger partial charge < -0.3 is 14.9 Å². The molecule has 4 heterocycles. The molecule has 0 amide bonds. The van der Waals surface area contributed by atoms with E-state index in [1.807, 2.05) is 107 Å². The van der Waals surface area contributed by atoms with Crippen LogP contribution >= 0.6 is 22.7 Å². The number of thiophene rings is 2. The fourth-order valence-corrected chi connectivity index (χ4v) is 12.1. The van der Waals surface area contributed by atoms with Gasteiger partial charge in [-0.2, -0.15) is 0 Å². The lowest BCUT2D eigenvalue weighted by Crippen LogP contribution is -2.30. The highest BCUT2D eigenvalue weighted by atomic mass is 32.3. The van der Waals surface area contributed by atoms with Crippen LogP contribution in [0.15, 0.2) is 111 Å². The van der Waals surface area contributed by atoms with E-state index in [1.165, 1.54) is 44.6 Å². The molecule has 0 aliphatic rings. The molecule has 2 N–H and O–H groups in total. The maximum absolute atomic E-state index is 13.6. The second-order valence-electron chi connectivity index (χ2n) is 19.7. The predicted molar refractivity (Wildman–Crippen MR) is 261 cm³/mol. The molecule has 0 spiro atoms. The quantitative estimate of drug-likeness (QED) is 0.129. The van der Waals surface area contributed by atoms with Crippen LogP contribution in [-0.2, 0) is 54.8 Å². The molecular formula is C49H62N4O7S4. The fraction of sp³-hybridized carbons (Fsp3) is 0.388. The number of hydrogen-bond acceptors (Lipinski definition) is 11. The molecule has 15 heteroatoms. The van der Waals surface area contributed by atoms with Crippen LogP contribution in [0.25, 0.3) is 0 Å². The summed E-state index contributed by atoms with van der Waals surface area (Å²) in [6.45, 7) is 24.7. The van der Waals surface area contributed by atoms with E-state index >= 15 is 0 Å². The van der Waals surface area contributed by atoms with E-state index in [1.54, 1.807) is 71.7 Å². The fourth-order valence-electron chi connectivity index (χ4n) is 7.00. The number of nitrogens with zero attached hydrogens (tertiary/aromatic N) is 4. The molecule has 0 radical (unpaired) electrons. The number of hydrogen-bond donors (Lipinski definition) is 2. The van der Waals surface area contributed by atoms with Crippen molar-refractivity contribution in [1.29, 1.82) is 0 Å². The molecule has 344 valence electrons. The summed E-state index contributed by atoms with van der Waals surface area (Å²) in [6, 6.07) is 21.1.